The van der Waals surface area contributed by atoms with Gasteiger partial charge in [0, 0.05) is 0 Å². The summed E-state index contributed by atoms with van der Waals surface area (Å²) in [4.78, 5) is 24.9. The second-order valence-electron chi connectivity index (χ2n) is 12.5. The molecule has 0 radical (unpaired) electrons. The van der Waals surface area contributed by atoms with E-state index in [0.717, 1.165) is 10.6 Å². The monoisotopic (exact) mass is 740 g/mol. The van der Waals surface area contributed by atoms with Crippen molar-refractivity contribution < 1.29 is 36.1 Å². The average molecular weight is 742 g/mol. The Balaban J connectivity index is 1.92. The van der Waals surface area contributed by atoms with Gasteiger partial charge in [-0.1, -0.05) is 0 Å². The fraction of sp³-hybridized carbons (Fsp3) is 0.265. The third kappa shape index (κ3) is 8.04. The molecule has 0 bridgehead atoms. The number of hydrogen-bond donors (Lipinski definition) is 1. The molecule has 0 aliphatic heterocycles. The maximum atomic E-state index is 13.7. The number of rotatable bonds is 9. The molecule has 0 heterocycles. The summed E-state index contributed by atoms with van der Waals surface area (Å²) in [5.74, 6) is -1.10. The first-order valence-electron chi connectivity index (χ1n) is 14.4. The van der Waals surface area contributed by atoms with Crippen LogP contribution in [0.15, 0.2) is 103 Å². The zero-order valence-electron chi connectivity index (χ0n) is 25.6. The number of carbonyl (C=O) groups excluding carboxylic acids is 1. The molecule has 0 aliphatic rings. The summed E-state index contributed by atoms with van der Waals surface area (Å²) in [6.07, 6.45) is -9.85. The van der Waals surface area contributed by atoms with Crippen molar-refractivity contribution in [1.82, 2.24) is 5.32 Å². The van der Waals surface area contributed by atoms with Gasteiger partial charge in [-0.3, -0.25) is 0 Å². The van der Waals surface area contributed by atoms with Crippen LogP contribution in [0.25, 0.3) is 0 Å². The number of nitrogens with one attached hydrogen (secondary N) is 1. The van der Waals surface area contributed by atoms with Gasteiger partial charge in [-0.2, -0.15) is 0 Å². The van der Waals surface area contributed by atoms with E-state index < -0.39 is 56.6 Å². The summed E-state index contributed by atoms with van der Waals surface area (Å²) in [6.45, 7) is 5.42. The van der Waals surface area contributed by atoms with Crippen LogP contribution in [-0.2, 0) is 18.5 Å². The van der Waals surface area contributed by atoms with E-state index in [9.17, 15) is 41.3 Å². The van der Waals surface area contributed by atoms with Crippen LogP contribution >= 0.6 is 20.8 Å². The molecule has 0 saturated carbocycles. The average Bonchev–Trinajstić information content (AvgIpc) is 3.00. The first kappa shape index (κ1) is 36.1. The predicted molar refractivity (Wildman–Crippen MR) is 177 cm³/mol. The summed E-state index contributed by atoms with van der Waals surface area (Å²) in [6, 6.07) is 24.8. The quantitative estimate of drug-likeness (QED) is 0.0805. The van der Waals surface area contributed by atoms with Crippen molar-refractivity contribution in [2.45, 2.75) is 45.3 Å². The molecule has 0 aromatic heterocycles. The third-order valence-corrected chi connectivity index (χ3v) is 17.3. The van der Waals surface area contributed by atoms with Gasteiger partial charge in [-0.15, -0.1) is 0 Å². The third-order valence-electron chi connectivity index (χ3n) is 8.09. The molecule has 4 aromatic carbocycles. The Morgan fingerprint density at radius 2 is 1.28 bits per heavy atom. The van der Waals surface area contributed by atoms with E-state index in [1.165, 1.54) is 12.1 Å². The molecule has 0 fully saturated rings. The van der Waals surface area contributed by atoms with Gasteiger partial charge in [0.05, 0.1) is 0 Å². The first-order chi connectivity index (χ1) is 21.7. The fourth-order valence-electron chi connectivity index (χ4n) is 5.54. The van der Waals surface area contributed by atoms with Crippen LogP contribution < -0.4 is 15.9 Å². The molecule has 0 saturated heterocycles. The van der Waals surface area contributed by atoms with Gasteiger partial charge in [0.1, 0.15) is 0 Å². The van der Waals surface area contributed by atoms with Crippen molar-refractivity contribution in [2.24, 2.45) is 5.41 Å². The summed E-state index contributed by atoms with van der Waals surface area (Å²) in [5, 5.41) is 12.4. The number of carbonyl (C=O) groups is 1. The number of hydrogen-bond acceptors (Lipinski definition) is 3. The van der Waals surface area contributed by atoms with E-state index in [1.54, 1.807) is 12.1 Å². The molecule has 5 nitrogen and oxygen atoms in total. The molecule has 47 heavy (non-hydrogen) atoms. The predicted octanol–water partition coefficient (Wildman–Crippen LogP) is 9.49. The van der Waals surface area contributed by atoms with Crippen LogP contribution in [0.2, 0.25) is 0 Å². The number of non-ortho nitro benzene ring substituents is 1. The molecule has 250 valence electrons. The fourth-order valence-corrected chi connectivity index (χ4v) is 14.0. The van der Waals surface area contributed by atoms with E-state index in [0.29, 0.717) is 17.7 Å². The van der Waals surface area contributed by atoms with Crippen molar-refractivity contribution in [3.8, 4) is 0 Å². The Kier molecular flexibility index (Phi) is 10.0. The number of benzene rings is 4. The van der Waals surface area contributed by atoms with Gasteiger partial charge in [0.15, 0.2) is 0 Å². The van der Waals surface area contributed by atoms with Gasteiger partial charge in [0.2, 0.25) is 0 Å². The van der Waals surface area contributed by atoms with E-state index in [1.807, 2.05) is 81.4 Å². The van der Waals surface area contributed by atoms with Gasteiger partial charge < -0.3 is 0 Å². The number of nitro groups is 1. The van der Waals surface area contributed by atoms with E-state index >= 15 is 0 Å². The number of nitro benzene ring substituents is 1. The zero-order chi connectivity index (χ0) is 34.9. The summed E-state index contributed by atoms with van der Waals surface area (Å²) >= 11 is 4.23. The number of alkyl halides is 6. The Labute approximate surface area is 276 Å². The van der Waals surface area contributed by atoms with Crippen molar-refractivity contribution in [2.75, 3.05) is 6.16 Å². The topological polar surface area (TPSA) is 72.2 Å². The van der Waals surface area contributed by atoms with Gasteiger partial charge in [-0.05, 0) is 0 Å². The molecule has 1 N–H and O–H groups in total. The Morgan fingerprint density at radius 3 is 1.70 bits per heavy atom. The molecular weight excluding hydrogens is 709 g/mol. The molecule has 1 amide bonds. The number of halogens is 7. The van der Waals surface area contributed by atoms with Crippen LogP contribution in [0.5, 0.6) is 0 Å². The van der Waals surface area contributed by atoms with Crippen molar-refractivity contribution in [3.05, 3.63) is 135 Å². The molecule has 1 atom stereocenters. The van der Waals surface area contributed by atoms with Crippen molar-refractivity contribution in [1.29, 1.82) is 0 Å². The molecule has 0 aliphatic carbocycles. The van der Waals surface area contributed by atoms with Crippen LogP contribution in [0.1, 0.15) is 47.8 Å². The zero-order valence-corrected chi connectivity index (χ0v) is 28.1. The van der Waals surface area contributed by atoms with Gasteiger partial charge in [0.25, 0.3) is 0 Å². The molecule has 4 aromatic rings. The molecule has 13 heteroatoms. The second-order valence-corrected chi connectivity index (χ2v) is 22.1. The van der Waals surface area contributed by atoms with Gasteiger partial charge >= 0.3 is 277 Å². The molecule has 4 rings (SSSR count). The van der Waals surface area contributed by atoms with Crippen molar-refractivity contribution >= 4 is 43.0 Å². The van der Waals surface area contributed by atoms with Crippen LogP contribution in [0, 0.1) is 15.5 Å². The summed E-state index contributed by atoms with van der Waals surface area (Å²) < 4.78 is 81.9. The maximum absolute atomic E-state index is 13.7. The Bertz CT molecular complexity index is 1690. The first-order valence-corrected chi connectivity index (χ1v) is 19.0. The van der Waals surface area contributed by atoms with E-state index in [-0.39, 0.29) is 24.1 Å². The minimum atomic E-state index is -5.12. The molecule has 0 unspecified atom stereocenters. The van der Waals surface area contributed by atoms with Crippen LogP contribution in [0.4, 0.5) is 32.0 Å². The molecular formula is C34H32BrF6N2O3P. The molecule has 0 spiro atoms. The summed E-state index contributed by atoms with van der Waals surface area (Å²) in [7, 11) is 0. The summed E-state index contributed by atoms with van der Waals surface area (Å²) in [5.41, 5.74) is -4.24. The Hall–Kier alpha value is -3.76. The number of amides is 1. The number of nitrogens with zero attached hydrogens (tertiary/aromatic N) is 1. The standard InChI is InChI=1S/C34H32BrF6N2O3P/c1-32(2,3)30(42-31(44)24-18-25(33(36,37)38)20-26(19-24)34(39,40)41)22-47(35,28-13-6-4-7-14-28,29-15-8-5-9-16-29)21-23-11-10-12-27(17-23)43(45)46/h4-20,30H,21-22H2,1-3H3,(H,42,44)/t30-/m1/s1. The second kappa shape index (κ2) is 13.0. The SMILES string of the molecule is CC(C)(C)[C@@H](CP(Br)(Cc1cccc([N+](=O)[O-])c1)(c1ccccc1)c1ccccc1)NC(=O)c1cc(C(F)(F)F)cc(C(F)(F)F)c1. The Morgan fingerprint density at radius 1 is 0.787 bits per heavy atom. The minimum absolute atomic E-state index is 0.0210. The van der Waals surface area contributed by atoms with Crippen LogP contribution in [-0.4, -0.2) is 23.0 Å². The van der Waals surface area contributed by atoms with E-state index in [2.05, 4.69) is 20.8 Å². The van der Waals surface area contributed by atoms with E-state index in [4.69, 9.17) is 0 Å². The normalized spacial score (nSPS) is 14.1. The van der Waals surface area contributed by atoms with Crippen molar-refractivity contribution in [3.63, 3.8) is 0 Å². The van der Waals surface area contributed by atoms with Crippen LogP contribution in [0.3, 0.4) is 0 Å². The van der Waals surface area contributed by atoms with Gasteiger partial charge in [-0.25, -0.2) is 0 Å².